The topological polar surface area (TPSA) is 51.2 Å². The van der Waals surface area contributed by atoms with Gasteiger partial charge in [-0.05, 0) is 38.6 Å². The maximum Gasteiger partial charge on any atom is 0.327 e. The number of rotatable bonds is 9. The lowest BCUT2D eigenvalue weighted by Gasteiger charge is -2.32. The Labute approximate surface area is 128 Å². The van der Waals surface area contributed by atoms with E-state index in [9.17, 15) is 4.79 Å². The summed E-state index contributed by atoms with van der Waals surface area (Å²) < 4.78 is 6.36. The van der Waals surface area contributed by atoms with E-state index >= 15 is 0 Å². The quantitative estimate of drug-likeness (QED) is 0.561. The van der Waals surface area contributed by atoms with E-state index in [4.69, 9.17) is 4.74 Å². The SMILES string of the molecule is CCCNC(CSc1nccs1)(C(=O)OCC)C1CC1. The molecule has 1 aromatic heterocycles. The number of hydrogen-bond donors (Lipinski definition) is 1. The van der Waals surface area contributed by atoms with Gasteiger partial charge in [-0.25, -0.2) is 4.98 Å². The summed E-state index contributed by atoms with van der Waals surface area (Å²) in [7, 11) is 0. The summed E-state index contributed by atoms with van der Waals surface area (Å²) in [6.07, 6.45) is 5.02. The van der Waals surface area contributed by atoms with Crippen LogP contribution in [0.4, 0.5) is 0 Å². The molecule has 1 fully saturated rings. The molecule has 1 aliphatic carbocycles. The molecular weight excluding hydrogens is 292 g/mol. The van der Waals surface area contributed by atoms with Crippen molar-refractivity contribution in [3.05, 3.63) is 11.6 Å². The summed E-state index contributed by atoms with van der Waals surface area (Å²) >= 11 is 3.27. The lowest BCUT2D eigenvalue weighted by atomic mass is 9.95. The molecule has 0 aliphatic heterocycles. The second-order valence-corrected chi connectivity index (χ2v) is 7.10. The smallest absolute Gasteiger partial charge is 0.327 e. The van der Waals surface area contributed by atoms with Gasteiger partial charge in [-0.15, -0.1) is 11.3 Å². The molecule has 1 N–H and O–H groups in total. The predicted octanol–water partition coefficient (Wildman–Crippen LogP) is 2.95. The molecule has 4 nitrogen and oxygen atoms in total. The normalized spacial score (nSPS) is 17.7. The van der Waals surface area contributed by atoms with Crippen molar-refractivity contribution in [2.24, 2.45) is 5.92 Å². The molecule has 0 aromatic carbocycles. The third kappa shape index (κ3) is 3.74. The van der Waals surface area contributed by atoms with Gasteiger partial charge in [-0.3, -0.25) is 4.79 Å². The zero-order chi connectivity index (χ0) is 14.4. The molecule has 2 rings (SSSR count). The van der Waals surface area contributed by atoms with E-state index in [1.165, 1.54) is 0 Å². The summed E-state index contributed by atoms with van der Waals surface area (Å²) in [5, 5.41) is 5.44. The number of ether oxygens (including phenoxy) is 1. The molecule has 1 aliphatic rings. The van der Waals surface area contributed by atoms with Gasteiger partial charge in [0.15, 0.2) is 0 Å². The van der Waals surface area contributed by atoms with Crippen molar-refractivity contribution in [2.45, 2.75) is 43.0 Å². The Bertz CT molecular complexity index is 421. The molecule has 0 spiro atoms. The minimum absolute atomic E-state index is 0.0972. The standard InChI is InChI=1S/C14H22N2O2S2/c1-3-7-16-14(11-5-6-11,12(17)18-4-2)10-20-13-15-8-9-19-13/h8-9,11,16H,3-7,10H2,1-2H3. The summed E-state index contributed by atoms with van der Waals surface area (Å²) in [5.41, 5.74) is -0.539. The van der Waals surface area contributed by atoms with E-state index < -0.39 is 5.54 Å². The van der Waals surface area contributed by atoms with Crippen LogP contribution in [-0.4, -0.2) is 35.4 Å². The lowest BCUT2D eigenvalue weighted by molar-refractivity contribution is -0.151. The highest BCUT2D eigenvalue weighted by Gasteiger charge is 2.51. The van der Waals surface area contributed by atoms with Crippen LogP contribution in [0, 0.1) is 5.92 Å². The molecule has 112 valence electrons. The number of nitrogens with zero attached hydrogens (tertiary/aromatic N) is 1. The highest BCUT2D eigenvalue weighted by Crippen LogP contribution is 2.43. The first-order chi connectivity index (χ1) is 9.73. The Morgan fingerprint density at radius 2 is 2.40 bits per heavy atom. The van der Waals surface area contributed by atoms with Crippen LogP contribution in [0.25, 0.3) is 0 Å². The molecule has 0 saturated heterocycles. The minimum Gasteiger partial charge on any atom is -0.465 e. The Morgan fingerprint density at radius 1 is 1.60 bits per heavy atom. The monoisotopic (exact) mass is 314 g/mol. The zero-order valence-electron chi connectivity index (χ0n) is 12.1. The average molecular weight is 314 g/mol. The fourth-order valence-corrected chi connectivity index (χ4v) is 4.17. The van der Waals surface area contributed by atoms with Crippen molar-refractivity contribution in [2.75, 3.05) is 18.9 Å². The Morgan fingerprint density at radius 3 is 2.95 bits per heavy atom. The van der Waals surface area contributed by atoms with Crippen molar-refractivity contribution in [1.29, 1.82) is 0 Å². The molecule has 0 radical (unpaired) electrons. The summed E-state index contributed by atoms with van der Waals surface area (Å²) in [6.45, 7) is 5.25. The van der Waals surface area contributed by atoms with Crippen LogP contribution < -0.4 is 5.32 Å². The maximum atomic E-state index is 12.5. The maximum absolute atomic E-state index is 12.5. The van der Waals surface area contributed by atoms with E-state index in [1.807, 2.05) is 12.3 Å². The first kappa shape index (κ1) is 15.8. The summed E-state index contributed by atoms with van der Waals surface area (Å²) in [4.78, 5) is 16.8. The highest BCUT2D eigenvalue weighted by molar-refractivity contribution is 8.01. The van der Waals surface area contributed by atoms with Gasteiger partial charge in [-0.2, -0.15) is 0 Å². The predicted molar refractivity (Wildman–Crippen MR) is 83.2 cm³/mol. The average Bonchev–Trinajstić information content (AvgIpc) is 3.16. The van der Waals surface area contributed by atoms with Gasteiger partial charge in [0.05, 0.1) is 6.61 Å². The largest absolute Gasteiger partial charge is 0.465 e. The molecular formula is C14H22N2O2S2. The van der Waals surface area contributed by atoms with Crippen molar-refractivity contribution >= 4 is 29.1 Å². The van der Waals surface area contributed by atoms with Crippen LogP contribution in [0.5, 0.6) is 0 Å². The fraction of sp³-hybridized carbons (Fsp3) is 0.714. The molecule has 1 aromatic rings. The summed E-state index contributed by atoms with van der Waals surface area (Å²) in [6, 6.07) is 0. The zero-order valence-corrected chi connectivity index (χ0v) is 13.7. The first-order valence-corrected chi connectivity index (χ1v) is 9.04. The number of aromatic nitrogens is 1. The van der Waals surface area contributed by atoms with Crippen molar-refractivity contribution in [3.63, 3.8) is 0 Å². The molecule has 1 atom stereocenters. The van der Waals surface area contributed by atoms with Gasteiger partial charge in [0.2, 0.25) is 0 Å². The summed E-state index contributed by atoms with van der Waals surface area (Å²) in [5.74, 6) is 1.00. The third-order valence-corrected chi connectivity index (χ3v) is 5.60. The number of thioether (sulfide) groups is 1. The van der Waals surface area contributed by atoms with E-state index in [1.54, 1.807) is 29.3 Å². The first-order valence-electron chi connectivity index (χ1n) is 7.17. The molecule has 20 heavy (non-hydrogen) atoms. The second-order valence-electron chi connectivity index (χ2n) is 4.98. The number of carbonyl (C=O) groups is 1. The lowest BCUT2D eigenvalue weighted by Crippen LogP contribution is -2.57. The van der Waals surface area contributed by atoms with Crippen molar-refractivity contribution < 1.29 is 9.53 Å². The van der Waals surface area contributed by atoms with E-state index in [2.05, 4.69) is 17.2 Å². The molecule has 1 heterocycles. The van der Waals surface area contributed by atoms with Crippen LogP contribution in [0.15, 0.2) is 15.9 Å². The minimum atomic E-state index is -0.539. The molecule has 6 heteroatoms. The number of nitrogens with one attached hydrogen (secondary N) is 1. The van der Waals surface area contributed by atoms with E-state index in [0.29, 0.717) is 18.3 Å². The molecule has 1 saturated carbocycles. The second kappa shape index (κ2) is 7.43. The van der Waals surface area contributed by atoms with Crippen LogP contribution in [0.2, 0.25) is 0 Å². The van der Waals surface area contributed by atoms with Gasteiger partial charge in [-0.1, -0.05) is 18.7 Å². The van der Waals surface area contributed by atoms with E-state index in [-0.39, 0.29) is 5.97 Å². The highest BCUT2D eigenvalue weighted by atomic mass is 32.2. The van der Waals surface area contributed by atoms with Crippen molar-refractivity contribution in [3.8, 4) is 0 Å². The van der Waals surface area contributed by atoms with Crippen LogP contribution in [0.1, 0.15) is 33.1 Å². The van der Waals surface area contributed by atoms with Gasteiger partial charge in [0.25, 0.3) is 0 Å². The Kier molecular flexibility index (Phi) is 5.86. The number of thiazole rings is 1. The number of carbonyl (C=O) groups excluding carboxylic acids is 1. The van der Waals surface area contributed by atoms with Gasteiger partial charge >= 0.3 is 5.97 Å². The van der Waals surface area contributed by atoms with Gasteiger partial charge in [0.1, 0.15) is 9.88 Å². The third-order valence-electron chi connectivity index (χ3n) is 3.44. The Hall–Kier alpha value is -0.590. The number of hydrogen-bond acceptors (Lipinski definition) is 6. The van der Waals surface area contributed by atoms with Gasteiger partial charge < -0.3 is 10.1 Å². The number of esters is 1. The fourth-order valence-electron chi connectivity index (χ4n) is 2.25. The van der Waals surface area contributed by atoms with Crippen LogP contribution >= 0.6 is 23.1 Å². The van der Waals surface area contributed by atoms with Gasteiger partial charge in [0, 0.05) is 17.3 Å². The van der Waals surface area contributed by atoms with Crippen molar-refractivity contribution in [1.82, 2.24) is 10.3 Å². The van der Waals surface area contributed by atoms with E-state index in [0.717, 1.165) is 30.1 Å². The molecule has 1 unspecified atom stereocenters. The van der Waals surface area contributed by atoms with Crippen LogP contribution in [-0.2, 0) is 9.53 Å². The molecule has 0 amide bonds. The van der Waals surface area contributed by atoms with Crippen LogP contribution in [0.3, 0.4) is 0 Å². The molecule has 0 bridgehead atoms. The Balaban J connectivity index is 2.09.